The number of aliphatic hydroxyl groups is 1. The van der Waals surface area contributed by atoms with Gasteiger partial charge in [0.15, 0.2) is 0 Å². The van der Waals surface area contributed by atoms with Gasteiger partial charge in [-0.15, -0.1) is 0 Å². The molecule has 0 unspecified atom stereocenters. The van der Waals surface area contributed by atoms with Gasteiger partial charge in [-0.05, 0) is 70.7 Å². The number of halogens is 2. The largest absolute Gasteiger partial charge is 0.417 e. The Bertz CT molecular complexity index is 1170. The van der Waals surface area contributed by atoms with E-state index < -0.39 is 6.61 Å². The second-order valence-electron chi connectivity index (χ2n) is 8.94. The van der Waals surface area contributed by atoms with E-state index in [1.807, 2.05) is 6.07 Å². The topological polar surface area (TPSA) is 54.4 Å². The quantitative estimate of drug-likeness (QED) is 0.345. The van der Waals surface area contributed by atoms with Gasteiger partial charge in [-0.25, -0.2) is 4.98 Å². The zero-order valence-corrected chi connectivity index (χ0v) is 20.2. The highest BCUT2D eigenvalue weighted by molar-refractivity contribution is 5.69. The summed E-state index contributed by atoms with van der Waals surface area (Å²) in [6, 6.07) is 18.3. The van der Waals surface area contributed by atoms with Crippen LogP contribution in [0, 0.1) is 0 Å². The van der Waals surface area contributed by atoms with Gasteiger partial charge in [0.05, 0.1) is 6.61 Å². The second kappa shape index (κ2) is 11.5. The lowest BCUT2D eigenvalue weighted by Gasteiger charge is -2.22. The molecule has 4 nitrogen and oxygen atoms in total. The summed E-state index contributed by atoms with van der Waals surface area (Å²) in [5.74, 6) is 0.0740. The third-order valence-corrected chi connectivity index (χ3v) is 6.80. The molecular formula is C29H32F2N2O2. The molecule has 184 valence electrons. The minimum Gasteiger partial charge on any atom is -0.417 e. The summed E-state index contributed by atoms with van der Waals surface area (Å²) in [7, 11) is 0. The summed E-state index contributed by atoms with van der Waals surface area (Å²) in [5.41, 5.74) is 8.76. The van der Waals surface area contributed by atoms with E-state index in [1.165, 1.54) is 23.8 Å². The highest BCUT2D eigenvalue weighted by atomic mass is 19.3. The predicted octanol–water partition coefficient (Wildman–Crippen LogP) is 6.58. The number of allylic oxidation sites excluding steroid dienone is 1. The average Bonchev–Trinajstić information content (AvgIpc) is 2.84. The summed E-state index contributed by atoms with van der Waals surface area (Å²) in [6.07, 6.45) is 5.69. The summed E-state index contributed by atoms with van der Waals surface area (Å²) < 4.78 is 29.8. The van der Waals surface area contributed by atoms with Gasteiger partial charge >= 0.3 is 6.61 Å². The number of hydrogen-bond acceptors (Lipinski definition) is 4. The number of ether oxygens (including phenoxy) is 1. The lowest BCUT2D eigenvalue weighted by Crippen LogP contribution is -2.20. The van der Waals surface area contributed by atoms with E-state index in [0.29, 0.717) is 6.54 Å². The molecule has 1 aliphatic carbocycles. The first-order chi connectivity index (χ1) is 17.0. The van der Waals surface area contributed by atoms with Gasteiger partial charge in [0.25, 0.3) is 0 Å². The summed E-state index contributed by atoms with van der Waals surface area (Å²) in [6.45, 7) is 2.09. The number of nitrogens with zero attached hydrogens (tertiary/aromatic N) is 1. The molecule has 0 radical (unpaired) electrons. The monoisotopic (exact) mass is 478 g/mol. The first-order valence-electron chi connectivity index (χ1n) is 12.2. The van der Waals surface area contributed by atoms with Crippen molar-refractivity contribution in [1.82, 2.24) is 10.3 Å². The van der Waals surface area contributed by atoms with Crippen molar-refractivity contribution in [3.8, 4) is 17.0 Å². The Labute approximate surface area is 205 Å². The van der Waals surface area contributed by atoms with Gasteiger partial charge in [0.2, 0.25) is 5.88 Å². The number of benzene rings is 2. The highest BCUT2D eigenvalue weighted by Gasteiger charge is 2.15. The third-order valence-electron chi connectivity index (χ3n) is 6.80. The predicted molar refractivity (Wildman–Crippen MR) is 134 cm³/mol. The average molecular weight is 479 g/mol. The third kappa shape index (κ3) is 6.06. The fourth-order valence-corrected chi connectivity index (χ4v) is 4.45. The maximum atomic E-state index is 12.7. The van der Waals surface area contributed by atoms with Gasteiger partial charge in [-0.1, -0.05) is 56.3 Å². The first kappa shape index (κ1) is 24.9. The van der Waals surface area contributed by atoms with Crippen LogP contribution in [0.15, 0.2) is 72.1 Å². The van der Waals surface area contributed by atoms with Crippen LogP contribution >= 0.6 is 0 Å². The van der Waals surface area contributed by atoms with Crippen LogP contribution in [0.5, 0.6) is 5.88 Å². The van der Waals surface area contributed by atoms with E-state index in [4.69, 9.17) is 0 Å². The zero-order chi connectivity index (χ0) is 24.8. The van der Waals surface area contributed by atoms with Crippen molar-refractivity contribution in [3.63, 3.8) is 0 Å². The van der Waals surface area contributed by atoms with E-state index in [-0.39, 0.29) is 18.4 Å². The number of hydrogen-bond donors (Lipinski definition) is 2. The van der Waals surface area contributed by atoms with E-state index in [0.717, 1.165) is 52.8 Å². The second-order valence-corrected chi connectivity index (χ2v) is 8.94. The molecule has 0 bridgehead atoms. The smallest absolute Gasteiger partial charge is 0.388 e. The number of nitrogens with one attached hydrogen (secondary N) is 1. The minimum atomic E-state index is -2.90. The maximum absolute atomic E-state index is 12.7. The Balaban J connectivity index is 1.52. The molecular weight excluding hydrogens is 446 g/mol. The molecule has 0 saturated heterocycles. The number of aryl methyl sites for hydroxylation is 1. The van der Waals surface area contributed by atoms with Crippen molar-refractivity contribution in [2.75, 3.05) is 6.61 Å². The first-order valence-corrected chi connectivity index (χ1v) is 12.2. The van der Waals surface area contributed by atoms with Crippen molar-refractivity contribution in [2.45, 2.75) is 58.6 Å². The molecule has 1 aliphatic rings. The van der Waals surface area contributed by atoms with Crippen LogP contribution in [-0.2, 0) is 13.0 Å². The minimum absolute atomic E-state index is 0.0633. The number of aromatic nitrogens is 1. The lowest BCUT2D eigenvalue weighted by atomic mass is 9.88. The number of pyridine rings is 1. The molecule has 6 heteroatoms. The lowest BCUT2D eigenvalue weighted by molar-refractivity contribution is -0.0528. The van der Waals surface area contributed by atoms with E-state index in [9.17, 15) is 13.9 Å². The van der Waals surface area contributed by atoms with E-state index in [2.05, 4.69) is 71.3 Å². The molecule has 1 heterocycles. The van der Waals surface area contributed by atoms with Crippen molar-refractivity contribution in [3.05, 3.63) is 94.3 Å². The van der Waals surface area contributed by atoms with E-state index >= 15 is 0 Å². The van der Waals surface area contributed by atoms with Crippen LogP contribution in [-0.4, -0.2) is 23.3 Å². The SMILES string of the molecule is CCc1ccc([C@@H](C)c2ccc(CNC(CO)=C3CCC3)cc2)cc1-c1ccnc(OC(F)F)c1. The highest BCUT2D eigenvalue weighted by Crippen LogP contribution is 2.33. The molecule has 1 saturated carbocycles. The molecule has 2 aromatic carbocycles. The molecule has 3 aromatic rings. The van der Waals surface area contributed by atoms with Crippen LogP contribution in [0.3, 0.4) is 0 Å². The molecule has 1 fully saturated rings. The maximum Gasteiger partial charge on any atom is 0.388 e. The standard InChI is InChI=1S/C29H32F2N2O2/c1-3-21-11-12-24(15-26(21)25-13-14-32-28(16-25)35-29(30)31)19(2)22-9-7-20(8-10-22)17-33-27(18-34)23-5-4-6-23/h7-16,19,29,33-34H,3-6,17-18H2,1-2H3/t19-/m0/s1. The van der Waals surface area contributed by atoms with Crippen molar-refractivity contribution < 1.29 is 18.6 Å². The summed E-state index contributed by atoms with van der Waals surface area (Å²) >= 11 is 0. The molecule has 1 aromatic heterocycles. The van der Waals surface area contributed by atoms with Gasteiger partial charge in [-0.2, -0.15) is 8.78 Å². The van der Waals surface area contributed by atoms with Crippen LogP contribution in [0.1, 0.15) is 61.3 Å². The van der Waals surface area contributed by atoms with Gasteiger partial charge in [0.1, 0.15) is 0 Å². The van der Waals surface area contributed by atoms with Gasteiger partial charge in [-0.3, -0.25) is 0 Å². The fourth-order valence-electron chi connectivity index (χ4n) is 4.45. The normalized spacial score (nSPS) is 13.9. The fraction of sp³-hybridized carbons (Fsp3) is 0.345. The molecule has 0 spiro atoms. The Morgan fingerprint density at radius 3 is 2.43 bits per heavy atom. The Hall–Kier alpha value is -3.25. The van der Waals surface area contributed by atoms with Gasteiger partial charge < -0.3 is 15.2 Å². The summed E-state index contributed by atoms with van der Waals surface area (Å²) in [5, 5.41) is 13.0. The molecule has 4 rings (SSSR count). The van der Waals surface area contributed by atoms with Crippen LogP contribution in [0.2, 0.25) is 0 Å². The molecule has 1 atom stereocenters. The van der Waals surface area contributed by atoms with Crippen molar-refractivity contribution in [1.29, 1.82) is 0 Å². The number of alkyl halides is 2. The Morgan fingerprint density at radius 2 is 1.80 bits per heavy atom. The molecule has 0 amide bonds. The number of aliphatic hydroxyl groups excluding tert-OH is 1. The Morgan fingerprint density at radius 1 is 1.06 bits per heavy atom. The summed E-state index contributed by atoms with van der Waals surface area (Å²) in [4.78, 5) is 3.90. The van der Waals surface area contributed by atoms with Crippen molar-refractivity contribution >= 4 is 0 Å². The van der Waals surface area contributed by atoms with Crippen LogP contribution in [0.4, 0.5) is 8.78 Å². The van der Waals surface area contributed by atoms with Crippen LogP contribution in [0.25, 0.3) is 11.1 Å². The van der Waals surface area contributed by atoms with Crippen LogP contribution < -0.4 is 10.1 Å². The van der Waals surface area contributed by atoms with Gasteiger partial charge in [0, 0.05) is 30.4 Å². The molecule has 0 aliphatic heterocycles. The molecule has 35 heavy (non-hydrogen) atoms. The zero-order valence-electron chi connectivity index (χ0n) is 20.2. The number of rotatable bonds is 10. The van der Waals surface area contributed by atoms with Crippen molar-refractivity contribution in [2.24, 2.45) is 0 Å². The van der Waals surface area contributed by atoms with E-state index in [1.54, 1.807) is 6.07 Å². The molecule has 2 N–H and O–H groups in total. The Kier molecular flexibility index (Phi) is 8.13.